The van der Waals surface area contributed by atoms with E-state index in [1.54, 1.807) is 14.2 Å². The Kier molecular flexibility index (Phi) is 11.9. The summed E-state index contributed by atoms with van der Waals surface area (Å²) in [5.74, 6) is 3.21. The average molecular weight is 560 g/mol. The summed E-state index contributed by atoms with van der Waals surface area (Å²) in [7, 11) is 3.39. The van der Waals surface area contributed by atoms with Crippen molar-refractivity contribution < 1.29 is 9.47 Å². The van der Waals surface area contributed by atoms with Gasteiger partial charge in [0.15, 0.2) is 5.96 Å². The van der Waals surface area contributed by atoms with E-state index in [0.29, 0.717) is 12.0 Å². The molecule has 2 aliphatic heterocycles. The Hall–Kier alpha value is -1.26. The van der Waals surface area contributed by atoms with Crippen molar-refractivity contribution in [2.75, 3.05) is 60.0 Å². The van der Waals surface area contributed by atoms with Gasteiger partial charge in [-0.25, -0.2) is 0 Å². The maximum atomic E-state index is 5.41. The van der Waals surface area contributed by atoms with Crippen molar-refractivity contribution in [2.45, 2.75) is 45.7 Å². The van der Waals surface area contributed by atoms with E-state index < -0.39 is 0 Å². The minimum absolute atomic E-state index is 0. The number of halogens is 1. The Labute approximate surface area is 211 Å². The second-order valence-electron chi connectivity index (χ2n) is 8.92. The van der Waals surface area contributed by atoms with Gasteiger partial charge in [-0.2, -0.15) is 0 Å². The lowest BCUT2D eigenvalue weighted by atomic mass is 10.2. The van der Waals surface area contributed by atoms with Gasteiger partial charge in [0.2, 0.25) is 0 Å². The topological polar surface area (TPSA) is 61.4 Å². The molecule has 2 N–H and O–H groups in total. The molecule has 2 atom stereocenters. The first kappa shape index (κ1) is 27.0. The number of guanidine groups is 1. The molecule has 0 aromatic heterocycles. The number of nitrogens with one attached hydrogen (secondary N) is 2. The molecule has 0 radical (unpaired) electrons. The number of ether oxygens (including phenoxy) is 2. The highest BCUT2D eigenvalue weighted by Crippen LogP contribution is 2.24. The number of hydrogen-bond donors (Lipinski definition) is 2. The number of methoxy groups -OCH3 is 2. The molecule has 0 amide bonds. The smallest absolute Gasteiger partial charge is 0.191 e. The molecule has 7 nitrogen and oxygen atoms in total. The van der Waals surface area contributed by atoms with Crippen LogP contribution in [-0.2, 0) is 6.54 Å². The van der Waals surface area contributed by atoms with Crippen LogP contribution in [0.2, 0.25) is 0 Å². The normalized spacial score (nSPS) is 20.6. The molecule has 3 rings (SSSR count). The number of nitrogens with zero attached hydrogens (tertiary/aromatic N) is 3. The molecule has 0 aliphatic carbocycles. The van der Waals surface area contributed by atoms with Crippen LogP contribution in [0.1, 0.15) is 38.7 Å². The lowest BCUT2D eigenvalue weighted by molar-refractivity contribution is 0.291. The van der Waals surface area contributed by atoms with Gasteiger partial charge in [-0.1, -0.05) is 6.92 Å². The highest BCUT2D eigenvalue weighted by Gasteiger charge is 2.24. The minimum atomic E-state index is 0. The van der Waals surface area contributed by atoms with Crippen LogP contribution in [0.25, 0.3) is 0 Å². The number of aliphatic imine (C=N–C) groups is 1. The SMILES string of the molecule is CCNC(=NCC(C)CN1CCCC1)NC1CCN(Cc2cc(OC)cc(OC)c2)C1.I. The second-order valence-corrected chi connectivity index (χ2v) is 8.92. The molecule has 182 valence electrons. The van der Waals surface area contributed by atoms with E-state index in [4.69, 9.17) is 14.5 Å². The number of hydrogen-bond acceptors (Lipinski definition) is 5. The van der Waals surface area contributed by atoms with Gasteiger partial charge in [0.25, 0.3) is 0 Å². The average Bonchev–Trinajstić information content (AvgIpc) is 3.44. The minimum Gasteiger partial charge on any atom is -0.497 e. The lowest BCUT2D eigenvalue weighted by Crippen LogP contribution is -2.45. The zero-order chi connectivity index (χ0) is 22.1. The van der Waals surface area contributed by atoms with Crippen LogP contribution >= 0.6 is 24.0 Å². The number of rotatable bonds is 10. The quantitative estimate of drug-likeness (QED) is 0.261. The highest BCUT2D eigenvalue weighted by atomic mass is 127. The Morgan fingerprint density at radius 1 is 1.09 bits per heavy atom. The van der Waals surface area contributed by atoms with E-state index in [2.05, 4.69) is 46.4 Å². The predicted molar refractivity (Wildman–Crippen MR) is 143 cm³/mol. The highest BCUT2D eigenvalue weighted by molar-refractivity contribution is 14.0. The Morgan fingerprint density at radius 3 is 2.41 bits per heavy atom. The molecule has 32 heavy (non-hydrogen) atoms. The summed E-state index contributed by atoms with van der Waals surface area (Å²) >= 11 is 0. The van der Waals surface area contributed by atoms with Gasteiger partial charge in [0.1, 0.15) is 11.5 Å². The van der Waals surface area contributed by atoms with E-state index in [1.807, 2.05) is 6.07 Å². The maximum absolute atomic E-state index is 5.41. The van der Waals surface area contributed by atoms with Crippen LogP contribution in [0, 0.1) is 5.92 Å². The third-order valence-corrected chi connectivity index (χ3v) is 6.10. The summed E-state index contributed by atoms with van der Waals surface area (Å²) in [4.78, 5) is 9.94. The molecule has 0 spiro atoms. The first-order valence-corrected chi connectivity index (χ1v) is 11.8. The fourth-order valence-electron chi connectivity index (χ4n) is 4.53. The van der Waals surface area contributed by atoms with Gasteiger partial charge in [0, 0.05) is 51.4 Å². The van der Waals surface area contributed by atoms with Gasteiger partial charge >= 0.3 is 0 Å². The van der Waals surface area contributed by atoms with Crippen molar-refractivity contribution in [3.8, 4) is 11.5 Å². The van der Waals surface area contributed by atoms with Crippen LogP contribution in [0.3, 0.4) is 0 Å². The van der Waals surface area contributed by atoms with Crippen LogP contribution < -0.4 is 20.1 Å². The summed E-state index contributed by atoms with van der Waals surface area (Å²) in [6.45, 7) is 12.8. The van der Waals surface area contributed by atoms with E-state index in [0.717, 1.165) is 63.1 Å². The standard InChI is InChI=1S/C24H41N5O2.HI/c1-5-25-24(26-15-19(2)16-28-9-6-7-10-28)27-21-8-11-29(18-21)17-20-12-22(30-3)14-23(13-20)31-4;/h12-14,19,21H,5-11,15-18H2,1-4H3,(H2,25,26,27);1H. The lowest BCUT2D eigenvalue weighted by Gasteiger charge is -2.21. The maximum Gasteiger partial charge on any atom is 0.191 e. The first-order valence-electron chi connectivity index (χ1n) is 11.8. The van der Waals surface area contributed by atoms with Gasteiger partial charge in [-0.05, 0) is 62.9 Å². The monoisotopic (exact) mass is 559 g/mol. The van der Waals surface area contributed by atoms with E-state index in [1.165, 1.54) is 31.5 Å². The molecule has 1 aromatic rings. The van der Waals surface area contributed by atoms with Crippen LogP contribution in [-0.4, -0.2) is 81.8 Å². The Bertz CT molecular complexity index is 689. The third-order valence-electron chi connectivity index (χ3n) is 6.10. The van der Waals surface area contributed by atoms with Crippen LogP contribution in [0.4, 0.5) is 0 Å². The fourth-order valence-corrected chi connectivity index (χ4v) is 4.53. The van der Waals surface area contributed by atoms with E-state index in [-0.39, 0.29) is 24.0 Å². The van der Waals surface area contributed by atoms with Gasteiger partial charge in [-0.3, -0.25) is 9.89 Å². The van der Waals surface area contributed by atoms with Crippen molar-refractivity contribution in [3.63, 3.8) is 0 Å². The third kappa shape index (κ3) is 8.59. The largest absolute Gasteiger partial charge is 0.497 e. The van der Waals surface area contributed by atoms with Crippen LogP contribution in [0.15, 0.2) is 23.2 Å². The predicted octanol–water partition coefficient (Wildman–Crippen LogP) is 3.18. The van der Waals surface area contributed by atoms with E-state index in [9.17, 15) is 0 Å². The summed E-state index contributed by atoms with van der Waals surface area (Å²) in [6, 6.07) is 6.52. The van der Waals surface area contributed by atoms with Crippen molar-refractivity contribution in [1.82, 2.24) is 20.4 Å². The molecule has 2 fully saturated rings. The molecule has 0 bridgehead atoms. The Morgan fingerprint density at radius 2 is 1.78 bits per heavy atom. The molecule has 2 unspecified atom stereocenters. The van der Waals surface area contributed by atoms with Crippen molar-refractivity contribution in [2.24, 2.45) is 10.9 Å². The molecule has 8 heteroatoms. The molecule has 2 heterocycles. The summed E-state index contributed by atoms with van der Waals surface area (Å²) in [5.41, 5.74) is 1.22. The van der Waals surface area contributed by atoms with Gasteiger partial charge < -0.3 is 25.0 Å². The summed E-state index contributed by atoms with van der Waals surface area (Å²) in [6.07, 6.45) is 3.82. The molecule has 2 aliphatic rings. The zero-order valence-electron chi connectivity index (χ0n) is 20.2. The van der Waals surface area contributed by atoms with Crippen molar-refractivity contribution in [3.05, 3.63) is 23.8 Å². The molecule has 0 saturated carbocycles. The number of benzene rings is 1. The molecular formula is C24H42IN5O2. The van der Waals surface area contributed by atoms with E-state index >= 15 is 0 Å². The molecule has 2 saturated heterocycles. The summed E-state index contributed by atoms with van der Waals surface area (Å²) in [5, 5.41) is 7.09. The van der Waals surface area contributed by atoms with Crippen molar-refractivity contribution >= 4 is 29.9 Å². The van der Waals surface area contributed by atoms with Crippen molar-refractivity contribution in [1.29, 1.82) is 0 Å². The zero-order valence-corrected chi connectivity index (χ0v) is 22.6. The Balaban J connectivity index is 0.00000363. The molecule has 1 aromatic carbocycles. The summed E-state index contributed by atoms with van der Waals surface area (Å²) < 4.78 is 10.8. The molecular weight excluding hydrogens is 517 g/mol. The van der Waals surface area contributed by atoms with Gasteiger partial charge in [0.05, 0.1) is 14.2 Å². The van der Waals surface area contributed by atoms with Crippen LogP contribution in [0.5, 0.6) is 11.5 Å². The van der Waals surface area contributed by atoms with Gasteiger partial charge in [-0.15, -0.1) is 24.0 Å². The first-order chi connectivity index (χ1) is 15.1. The second kappa shape index (κ2) is 14.1. The number of likely N-dealkylation sites (tertiary alicyclic amines) is 2. The fraction of sp³-hybridized carbons (Fsp3) is 0.708.